The summed E-state index contributed by atoms with van der Waals surface area (Å²) in [6.07, 6.45) is 0. The van der Waals surface area contributed by atoms with E-state index in [1.165, 1.54) is 0 Å². The van der Waals surface area contributed by atoms with Crippen LogP contribution in [0.25, 0.3) is 10.9 Å². The van der Waals surface area contributed by atoms with Crippen LogP contribution in [0.4, 0.5) is 5.69 Å². The number of anilines is 1. The van der Waals surface area contributed by atoms with Crippen molar-refractivity contribution in [1.29, 1.82) is 0 Å². The van der Waals surface area contributed by atoms with Crippen molar-refractivity contribution >= 4 is 29.6 Å². The zero-order valence-electron chi connectivity index (χ0n) is 7.14. The van der Waals surface area contributed by atoms with Crippen molar-refractivity contribution in [2.45, 2.75) is 0 Å². The summed E-state index contributed by atoms with van der Waals surface area (Å²) in [5, 5.41) is 0.630. The summed E-state index contributed by atoms with van der Waals surface area (Å²) in [5.41, 5.74) is 6.14. The third-order valence-electron chi connectivity index (χ3n) is 2.02. The molecular weight excluding hydrogens is 203 g/mol. The van der Waals surface area contributed by atoms with Gasteiger partial charge in [0.2, 0.25) is 0 Å². The Morgan fingerprint density at radius 2 is 1.93 bits per heavy atom. The summed E-state index contributed by atoms with van der Waals surface area (Å²) >= 11 is 0. The number of rotatable bonds is 1. The summed E-state index contributed by atoms with van der Waals surface area (Å²) in [6, 6.07) is 6.95. The smallest absolute Gasteiger partial charge is 0.374 e. The van der Waals surface area contributed by atoms with Gasteiger partial charge in [-0.3, -0.25) is 4.57 Å². The molecule has 0 radical (unpaired) electrons. The molecular formula is C8H9N2O3P. The zero-order valence-corrected chi connectivity index (χ0v) is 8.03. The second-order valence-corrected chi connectivity index (χ2v) is 4.51. The Kier molecular flexibility index (Phi) is 1.89. The van der Waals surface area contributed by atoms with E-state index in [2.05, 4.69) is 4.98 Å². The average Bonchev–Trinajstić information content (AvgIpc) is 2.44. The summed E-state index contributed by atoms with van der Waals surface area (Å²) in [7, 11) is -4.31. The van der Waals surface area contributed by atoms with Gasteiger partial charge < -0.3 is 20.5 Å². The van der Waals surface area contributed by atoms with Gasteiger partial charge in [-0.05, 0) is 6.07 Å². The number of aromatic amines is 1. The molecule has 5 N–H and O–H groups in total. The molecule has 74 valence electrons. The lowest BCUT2D eigenvalue weighted by Gasteiger charge is -2.00. The van der Waals surface area contributed by atoms with Crippen molar-refractivity contribution in [3.63, 3.8) is 0 Å². The number of fused-ring (bicyclic) bond motifs is 1. The highest BCUT2D eigenvalue weighted by Crippen LogP contribution is 2.37. The summed E-state index contributed by atoms with van der Waals surface area (Å²) in [4.78, 5) is 20.6. The van der Waals surface area contributed by atoms with E-state index in [-0.39, 0.29) is 11.1 Å². The van der Waals surface area contributed by atoms with Crippen LogP contribution in [0.1, 0.15) is 0 Å². The van der Waals surface area contributed by atoms with Crippen LogP contribution in [0.15, 0.2) is 24.3 Å². The Bertz CT molecular complexity index is 528. The Hall–Kier alpha value is -1.29. The molecule has 0 aliphatic rings. The van der Waals surface area contributed by atoms with Gasteiger partial charge in [0.05, 0.1) is 5.69 Å². The van der Waals surface area contributed by atoms with Crippen LogP contribution in [0.5, 0.6) is 0 Å². The lowest BCUT2D eigenvalue weighted by Crippen LogP contribution is -2.09. The fourth-order valence-electron chi connectivity index (χ4n) is 1.38. The molecule has 1 aromatic carbocycles. The number of nitrogens with two attached hydrogens (primary N) is 1. The number of benzene rings is 1. The first-order valence-corrected chi connectivity index (χ1v) is 5.53. The van der Waals surface area contributed by atoms with E-state index in [9.17, 15) is 4.57 Å². The van der Waals surface area contributed by atoms with Crippen molar-refractivity contribution in [2.75, 3.05) is 5.73 Å². The second kappa shape index (κ2) is 2.85. The van der Waals surface area contributed by atoms with Crippen LogP contribution in [0.3, 0.4) is 0 Å². The van der Waals surface area contributed by atoms with Crippen LogP contribution < -0.4 is 11.2 Å². The lowest BCUT2D eigenvalue weighted by molar-refractivity contribution is 0.386. The summed E-state index contributed by atoms with van der Waals surface area (Å²) in [5.74, 6) is 0. The van der Waals surface area contributed by atoms with Gasteiger partial charge in [0.25, 0.3) is 0 Å². The highest BCUT2D eigenvalue weighted by molar-refractivity contribution is 7.60. The third-order valence-corrected chi connectivity index (χ3v) is 2.95. The van der Waals surface area contributed by atoms with Crippen molar-refractivity contribution < 1.29 is 14.4 Å². The van der Waals surface area contributed by atoms with Gasteiger partial charge in [0.1, 0.15) is 0 Å². The van der Waals surface area contributed by atoms with E-state index in [4.69, 9.17) is 15.5 Å². The molecule has 1 aromatic heterocycles. The van der Waals surface area contributed by atoms with Crippen LogP contribution in [-0.4, -0.2) is 14.8 Å². The number of aromatic nitrogens is 1. The average molecular weight is 212 g/mol. The first kappa shape index (κ1) is 9.27. The van der Waals surface area contributed by atoms with Crippen molar-refractivity contribution in [1.82, 2.24) is 4.98 Å². The minimum atomic E-state index is -4.31. The largest absolute Gasteiger partial charge is 0.396 e. The van der Waals surface area contributed by atoms with Gasteiger partial charge in [-0.1, -0.05) is 18.2 Å². The van der Waals surface area contributed by atoms with E-state index < -0.39 is 7.60 Å². The molecule has 0 saturated heterocycles. The molecule has 0 atom stereocenters. The Morgan fingerprint density at radius 1 is 1.29 bits per heavy atom. The summed E-state index contributed by atoms with van der Waals surface area (Å²) < 4.78 is 11.0. The first-order chi connectivity index (χ1) is 6.50. The van der Waals surface area contributed by atoms with E-state index in [1.807, 2.05) is 0 Å². The van der Waals surface area contributed by atoms with Gasteiger partial charge in [-0.15, -0.1) is 0 Å². The Labute approximate surface area is 79.7 Å². The fourth-order valence-corrected chi connectivity index (χ4v) is 2.08. The topological polar surface area (TPSA) is 99.3 Å². The molecule has 6 heteroatoms. The molecule has 14 heavy (non-hydrogen) atoms. The molecule has 5 nitrogen and oxygen atoms in total. The van der Waals surface area contributed by atoms with Crippen LogP contribution in [0.2, 0.25) is 0 Å². The second-order valence-electron chi connectivity index (χ2n) is 2.98. The predicted molar refractivity (Wildman–Crippen MR) is 54.4 cm³/mol. The number of hydrogen-bond acceptors (Lipinski definition) is 2. The van der Waals surface area contributed by atoms with Gasteiger partial charge in [-0.2, -0.15) is 0 Å². The molecule has 0 unspecified atom stereocenters. The zero-order chi connectivity index (χ0) is 10.3. The maximum Gasteiger partial charge on any atom is 0.374 e. The van der Waals surface area contributed by atoms with Crippen LogP contribution in [-0.2, 0) is 4.57 Å². The molecule has 0 aliphatic heterocycles. The molecule has 2 rings (SSSR count). The van der Waals surface area contributed by atoms with Crippen LogP contribution in [0, 0.1) is 0 Å². The Morgan fingerprint density at radius 3 is 2.50 bits per heavy atom. The van der Waals surface area contributed by atoms with Crippen molar-refractivity contribution in [3.8, 4) is 0 Å². The molecule has 2 aromatic rings. The van der Waals surface area contributed by atoms with Gasteiger partial charge >= 0.3 is 7.60 Å². The maximum atomic E-state index is 11.0. The highest BCUT2D eigenvalue weighted by atomic mass is 31.2. The number of nitrogen functional groups attached to an aromatic ring is 1. The van der Waals surface area contributed by atoms with E-state index in [0.29, 0.717) is 10.9 Å². The quantitative estimate of drug-likeness (QED) is 0.519. The van der Waals surface area contributed by atoms with Crippen molar-refractivity contribution in [3.05, 3.63) is 24.3 Å². The standard InChI is InChI=1S/C8H9N2O3P/c9-7-5-3-1-2-4-6(5)10-8(7)14(11,12)13/h1-4,10H,9H2,(H2,11,12,13). The van der Waals surface area contributed by atoms with E-state index in [0.717, 1.165) is 0 Å². The van der Waals surface area contributed by atoms with Gasteiger partial charge in [0, 0.05) is 10.9 Å². The van der Waals surface area contributed by atoms with E-state index >= 15 is 0 Å². The normalized spacial score (nSPS) is 12.1. The predicted octanol–water partition coefficient (Wildman–Crippen LogP) is 0.553. The fraction of sp³-hybridized carbons (Fsp3) is 0. The number of nitrogens with one attached hydrogen (secondary N) is 1. The van der Waals surface area contributed by atoms with Gasteiger partial charge in [0.15, 0.2) is 5.44 Å². The van der Waals surface area contributed by atoms with E-state index in [1.54, 1.807) is 24.3 Å². The number of para-hydroxylation sites is 1. The Balaban J connectivity index is 2.82. The molecule has 0 aliphatic carbocycles. The number of hydrogen-bond donors (Lipinski definition) is 4. The third kappa shape index (κ3) is 1.32. The summed E-state index contributed by atoms with van der Waals surface area (Å²) in [6.45, 7) is 0. The monoisotopic (exact) mass is 212 g/mol. The lowest BCUT2D eigenvalue weighted by atomic mass is 10.2. The molecule has 0 saturated carbocycles. The maximum absolute atomic E-state index is 11.0. The molecule has 0 spiro atoms. The molecule has 1 heterocycles. The number of H-pyrrole nitrogens is 1. The van der Waals surface area contributed by atoms with Gasteiger partial charge in [-0.25, -0.2) is 0 Å². The minimum Gasteiger partial charge on any atom is -0.396 e. The molecule has 0 fully saturated rings. The SMILES string of the molecule is Nc1c(P(=O)(O)O)[nH]c2ccccc12. The van der Waals surface area contributed by atoms with Crippen molar-refractivity contribution in [2.24, 2.45) is 0 Å². The highest BCUT2D eigenvalue weighted by Gasteiger charge is 2.24. The molecule has 0 amide bonds. The first-order valence-electron chi connectivity index (χ1n) is 3.92. The minimum absolute atomic E-state index is 0.119. The van der Waals surface area contributed by atoms with Crippen LogP contribution >= 0.6 is 7.60 Å². The molecule has 0 bridgehead atoms.